The van der Waals surface area contributed by atoms with E-state index in [0.29, 0.717) is 20.9 Å². The SMILES string of the molecule is CC(C)C[C@H](NC(=O)c1cc2c(Cl)cccc2[nH]1)C(=O)NN(CCC(N)=O)C(=O)[C@H](F)Cl. The van der Waals surface area contributed by atoms with E-state index in [-0.39, 0.29) is 31.0 Å². The second-order valence-electron chi connectivity index (χ2n) is 7.52. The number of nitrogens with two attached hydrogens (primary N) is 1. The monoisotopic (exact) mass is 487 g/mol. The molecule has 9 nitrogen and oxygen atoms in total. The van der Waals surface area contributed by atoms with Gasteiger partial charge < -0.3 is 16.0 Å². The zero-order valence-corrected chi connectivity index (χ0v) is 19.0. The average Bonchev–Trinajstić information content (AvgIpc) is 3.15. The van der Waals surface area contributed by atoms with Crippen molar-refractivity contribution in [3.05, 3.63) is 35.0 Å². The third kappa shape index (κ3) is 6.83. The highest BCUT2D eigenvalue weighted by atomic mass is 35.5. The molecule has 12 heteroatoms. The van der Waals surface area contributed by atoms with Crippen molar-refractivity contribution in [2.24, 2.45) is 11.7 Å². The zero-order chi connectivity index (χ0) is 24.0. The number of carbonyl (C=O) groups excluding carboxylic acids is 4. The highest BCUT2D eigenvalue weighted by molar-refractivity contribution is 6.35. The van der Waals surface area contributed by atoms with Crippen molar-refractivity contribution in [2.45, 2.75) is 38.4 Å². The van der Waals surface area contributed by atoms with Gasteiger partial charge in [-0.15, -0.1) is 0 Å². The number of nitrogens with one attached hydrogen (secondary N) is 3. The van der Waals surface area contributed by atoms with Crippen LogP contribution in [0, 0.1) is 5.92 Å². The first-order chi connectivity index (χ1) is 15.0. The maximum Gasteiger partial charge on any atom is 0.291 e. The number of primary amides is 1. The van der Waals surface area contributed by atoms with Crippen LogP contribution in [0.2, 0.25) is 5.02 Å². The van der Waals surface area contributed by atoms with Crippen molar-refractivity contribution in [3.63, 3.8) is 0 Å². The van der Waals surface area contributed by atoms with Crippen LogP contribution in [0.5, 0.6) is 0 Å². The molecule has 0 aliphatic carbocycles. The predicted molar refractivity (Wildman–Crippen MR) is 118 cm³/mol. The summed E-state index contributed by atoms with van der Waals surface area (Å²) in [6, 6.07) is 5.65. The molecule has 0 radical (unpaired) electrons. The average molecular weight is 488 g/mol. The van der Waals surface area contributed by atoms with Gasteiger partial charge in [-0.3, -0.25) is 24.6 Å². The molecule has 0 unspecified atom stereocenters. The van der Waals surface area contributed by atoms with Crippen LogP contribution in [0.15, 0.2) is 24.3 Å². The van der Waals surface area contributed by atoms with Gasteiger partial charge in [0.05, 0.1) is 6.54 Å². The smallest absolute Gasteiger partial charge is 0.291 e. The van der Waals surface area contributed by atoms with Crippen LogP contribution in [-0.4, -0.2) is 51.8 Å². The minimum atomic E-state index is -2.43. The first-order valence-corrected chi connectivity index (χ1v) is 10.6. The van der Waals surface area contributed by atoms with Gasteiger partial charge in [-0.05, 0) is 30.5 Å². The molecule has 5 N–H and O–H groups in total. The van der Waals surface area contributed by atoms with Gasteiger partial charge in [-0.25, -0.2) is 9.40 Å². The van der Waals surface area contributed by atoms with E-state index in [1.54, 1.807) is 24.3 Å². The Bertz CT molecular complexity index is 1010. The summed E-state index contributed by atoms with van der Waals surface area (Å²) in [5.74, 6) is -3.39. The summed E-state index contributed by atoms with van der Waals surface area (Å²) in [7, 11) is 0. The Kier molecular flexibility index (Phi) is 8.85. The predicted octanol–water partition coefficient (Wildman–Crippen LogP) is 2.24. The Morgan fingerprint density at radius 2 is 1.94 bits per heavy atom. The Labute approximate surface area is 193 Å². The second kappa shape index (κ2) is 11.1. The van der Waals surface area contributed by atoms with Gasteiger partial charge >= 0.3 is 0 Å². The van der Waals surface area contributed by atoms with Gasteiger partial charge in [0.15, 0.2) is 0 Å². The number of hydrogen-bond donors (Lipinski definition) is 4. The first-order valence-electron chi connectivity index (χ1n) is 9.76. The fraction of sp³-hybridized carbons (Fsp3) is 0.400. The summed E-state index contributed by atoms with van der Waals surface area (Å²) >= 11 is 11.3. The normalized spacial score (nSPS) is 12.9. The van der Waals surface area contributed by atoms with E-state index >= 15 is 0 Å². The maximum absolute atomic E-state index is 13.3. The Morgan fingerprint density at radius 3 is 2.50 bits per heavy atom. The van der Waals surface area contributed by atoms with Crippen molar-refractivity contribution < 1.29 is 23.6 Å². The standard InChI is InChI=1S/C20H24Cl2FN5O4/c1-10(2)8-14(19(31)27-28(7-6-16(24)29)20(32)17(22)23)26-18(30)15-9-11-12(21)4-3-5-13(11)25-15/h3-5,9-10,14,17,25H,6-8H2,1-2H3,(H2,24,29)(H,26,30)(H,27,31)/t14-,17-/m0/s1. The lowest BCUT2D eigenvalue weighted by atomic mass is 10.0. The Morgan fingerprint density at radius 1 is 1.25 bits per heavy atom. The lowest BCUT2D eigenvalue weighted by Crippen LogP contribution is -2.56. The number of amides is 4. The van der Waals surface area contributed by atoms with E-state index in [2.05, 4.69) is 15.7 Å². The van der Waals surface area contributed by atoms with Crippen LogP contribution in [-0.2, 0) is 14.4 Å². The lowest BCUT2D eigenvalue weighted by molar-refractivity contribution is -0.144. The van der Waals surface area contributed by atoms with E-state index in [4.69, 9.17) is 28.9 Å². The molecule has 2 atom stereocenters. The summed E-state index contributed by atoms with van der Waals surface area (Å²) in [4.78, 5) is 51.5. The van der Waals surface area contributed by atoms with Crippen molar-refractivity contribution in [2.75, 3.05) is 6.54 Å². The van der Waals surface area contributed by atoms with Gasteiger partial charge in [0.2, 0.25) is 5.91 Å². The topological polar surface area (TPSA) is 137 Å². The number of H-pyrrole nitrogens is 1. The van der Waals surface area contributed by atoms with Crippen LogP contribution in [0.3, 0.4) is 0 Å². The summed E-state index contributed by atoms with van der Waals surface area (Å²) in [5.41, 5.74) is 5.67. The molecule has 0 spiro atoms. The largest absolute Gasteiger partial charge is 0.370 e. The van der Waals surface area contributed by atoms with Crippen LogP contribution in [0.1, 0.15) is 37.2 Å². The van der Waals surface area contributed by atoms with Gasteiger partial charge in [-0.1, -0.05) is 43.1 Å². The van der Waals surface area contributed by atoms with Crippen LogP contribution >= 0.6 is 23.2 Å². The van der Waals surface area contributed by atoms with Gasteiger partial charge in [-0.2, -0.15) is 0 Å². The summed E-state index contributed by atoms with van der Waals surface area (Å²) < 4.78 is 13.3. The minimum Gasteiger partial charge on any atom is -0.370 e. The highest BCUT2D eigenvalue weighted by Gasteiger charge is 2.29. The van der Waals surface area contributed by atoms with Gasteiger partial charge in [0, 0.05) is 22.3 Å². The van der Waals surface area contributed by atoms with Crippen LogP contribution in [0.4, 0.5) is 4.39 Å². The number of fused-ring (bicyclic) bond motifs is 1. The fourth-order valence-corrected chi connectivity index (χ4v) is 3.30. The number of aromatic nitrogens is 1. The molecular weight excluding hydrogens is 464 g/mol. The quantitative estimate of drug-likeness (QED) is 0.318. The second-order valence-corrected chi connectivity index (χ2v) is 8.31. The number of carbonyl (C=O) groups is 4. The van der Waals surface area contributed by atoms with Crippen molar-refractivity contribution in [1.29, 1.82) is 0 Å². The molecule has 32 heavy (non-hydrogen) atoms. The Hall–Kier alpha value is -2.85. The van der Waals surface area contributed by atoms with Crippen molar-refractivity contribution >= 4 is 57.7 Å². The third-order valence-corrected chi connectivity index (χ3v) is 4.98. The molecular formula is C20H24Cl2FN5O4. The first kappa shape index (κ1) is 25.4. The van der Waals surface area contributed by atoms with Crippen molar-refractivity contribution in [1.82, 2.24) is 20.7 Å². The number of benzene rings is 1. The molecule has 1 aromatic heterocycles. The highest BCUT2D eigenvalue weighted by Crippen LogP contribution is 2.24. The number of rotatable bonds is 9. The molecule has 2 aromatic rings. The number of hydrogen-bond acceptors (Lipinski definition) is 4. The molecule has 0 saturated carbocycles. The van der Waals surface area contributed by atoms with Crippen molar-refractivity contribution in [3.8, 4) is 0 Å². The van der Waals surface area contributed by atoms with Crippen LogP contribution < -0.4 is 16.5 Å². The Balaban J connectivity index is 2.19. The molecule has 4 amide bonds. The summed E-state index contributed by atoms with van der Waals surface area (Å²) in [6.45, 7) is 3.29. The summed E-state index contributed by atoms with van der Waals surface area (Å²) in [5, 5.41) is 4.28. The number of hydrazine groups is 1. The molecule has 0 saturated heterocycles. The van der Waals surface area contributed by atoms with Gasteiger partial charge in [0.1, 0.15) is 11.7 Å². The van der Waals surface area contributed by atoms with E-state index in [1.807, 2.05) is 13.8 Å². The van der Waals surface area contributed by atoms with E-state index in [0.717, 1.165) is 0 Å². The van der Waals surface area contributed by atoms with Crippen LogP contribution in [0.25, 0.3) is 10.9 Å². The third-order valence-electron chi connectivity index (χ3n) is 4.46. The number of nitrogens with zero attached hydrogens (tertiary/aromatic N) is 1. The molecule has 0 aliphatic heterocycles. The fourth-order valence-electron chi connectivity index (χ4n) is 2.95. The molecule has 1 heterocycles. The zero-order valence-electron chi connectivity index (χ0n) is 17.5. The van der Waals surface area contributed by atoms with E-state index < -0.39 is 35.3 Å². The number of aromatic amines is 1. The number of halogens is 3. The summed E-state index contributed by atoms with van der Waals surface area (Å²) in [6.07, 6.45) is -0.108. The maximum atomic E-state index is 13.3. The molecule has 0 fully saturated rings. The van der Waals surface area contributed by atoms with E-state index in [1.165, 1.54) is 0 Å². The molecule has 2 rings (SSSR count). The van der Waals surface area contributed by atoms with Gasteiger partial charge in [0.25, 0.3) is 23.4 Å². The molecule has 0 aliphatic rings. The number of alkyl halides is 2. The molecule has 1 aromatic carbocycles. The molecule has 0 bridgehead atoms. The minimum absolute atomic E-state index is 0.0140. The lowest BCUT2D eigenvalue weighted by Gasteiger charge is -2.27. The van der Waals surface area contributed by atoms with E-state index in [9.17, 15) is 23.6 Å². The molecule has 174 valence electrons.